The average Bonchev–Trinajstić information content (AvgIpc) is 2.88. The van der Waals surface area contributed by atoms with Crippen LogP contribution in [0.5, 0.6) is 0 Å². The number of nitrogens with two attached hydrogens (primary N) is 1. The van der Waals surface area contributed by atoms with Crippen molar-refractivity contribution >= 4 is 0 Å². The fourth-order valence-electron chi connectivity index (χ4n) is 2.38. The van der Waals surface area contributed by atoms with E-state index < -0.39 is 0 Å². The highest BCUT2D eigenvalue weighted by molar-refractivity contribution is 5.14. The van der Waals surface area contributed by atoms with Gasteiger partial charge in [0.15, 0.2) is 0 Å². The molecule has 4 nitrogen and oxygen atoms in total. The molecule has 1 aromatic heterocycles. The van der Waals surface area contributed by atoms with Crippen molar-refractivity contribution in [3.8, 4) is 0 Å². The highest BCUT2D eigenvalue weighted by Gasteiger charge is 2.06. The van der Waals surface area contributed by atoms with Crippen LogP contribution in [-0.2, 0) is 13.1 Å². The number of benzene rings is 1. The van der Waals surface area contributed by atoms with E-state index in [4.69, 9.17) is 5.73 Å². The molecule has 0 spiro atoms. The lowest BCUT2D eigenvalue weighted by molar-refractivity contribution is 0.313. The van der Waals surface area contributed by atoms with E-state index in [-0.39, 0.29) is 6.04 Å². The second-order valence-electron chi connectivity index (χ2n) is 5.38. The van der Waals surface area contributed by atoms with E-state index in [1.807, 2.05) is 19.4 Å². The number of aromatic nitrogens is 2. The van der Waals surface area contributed by atoms with Crippen molar-refractivity contribution < 1.29 is 0 Å². The highest BCUT2D eigenvalue weighted by Crippen LogP contribution is 2.09. The van der Waals surface area contributed by atoms with Gasteiger partial charge in [-0.05, 0) is 32.5 Å². The zero-order chi connectivity index (χ0) is 14.4. The predicted octanol–water partition coefficient (Wildman–Crippen LogP) is 2.42. The maximum absolute atomic E-state index is 5.92. The number of rotatable bonds is 7. The third-order valence-corrected chi connectivity index (χ3v) is 3.45. The summed E-state index contributed by atoms with van der Waals surface area (Å²) < 4.78 is 2.15. The summed E-state index contributed by atoms with van der Waals surface area (Å²) in [6.45, 7) is 5.02. The SMILES string of the molecule is CC(N)c1cncn1CCCN(C)Cc1ccccc1. The molecule has 20 heavy (non-hydrogen) atoms. The van der Waals surface area contributed by atoms with E-state index in [0.717, 1.165) is 31.7 Å². The Morgan fingerprint density at radius 1 is 1.30 bits per heavy atom. The summed E-state index contributed by atoms with van der Waals surface area (Å²) in [5.41, 5.74) is 8.38. The summed E-state index contributed by atoms with van der Waals surface area (Å²) >= 11 is 0. The number of hydrogen-bond donors (Lipinski definition) is 1. The largest absolute Gasteiger partial charge is 0.333 e. The van der Waals surface area contributed by atoms with E-state index >= 15 is 0 Å². The van der Waals surface area contributed by atoms with E-state index in [9.17, 15) is 0 Å². The van der Waals surface area contributed by atoms with E-state index in [1.54, 1.807) is 0 Å². The molecule has 0 radical (unpaired) electrons. The quantitative estimate of drug-likeness (QED) is 0.842. The van der Waals surface area contributed by atoms with Crippen LogP contribution in [-0.4, -0.2) is 28.0 Å². The van der Waals surface area contributed by atoms with Gasteiger partial charge in [-0.2, -0.15) is 0 Å². The fourth-order valence-corrected chi connectivity index (χ4v) is 2.38. The van der Waals surface area contributed by atoms with Crippen LogP contribution < -0.4 is 5.73 Å². The summed E-state index contributed by atoms with van der Waals surface area (Å²) in [5.74, 6) is 0. The van der Waals surface area contributed by atoms with Crippen molar-refractivity contribution in [1.29, 1.82) is 0 Å². The van der Waals surface area contributed by atoms with Crippen molar-refractivity contribution in [2.75, 3.05) is 13.6 Å². The second-order valence-corrected chi connectivity index (χ2v) is 5.38. The zero-order valence-corrected chi connectivity index (χ0v) is 12.4. The lowest BCUT2D eigenvalue weighted by Crippen LogP contribution is -2.21. The Kier molecular flexibility index (Phi) is 5.32. The van der Waals surface area contributed by atoms with Gasteiger partial charge >= 0.3 is 0 Å². The normalized spacial score (nSPS) is 12.8. The van der Waals surface area contributed by atoms with Crippen molar-refractivity contribution in [3.63, 3.8) is 0 Å². The lowest BCUT2D eigenvalue weighted by Gasteiger charge is -2.17. The smallest absolute Gasteiger partial charge is 0.0948 e. The van der Waals surface area contributed by atoms with E-state index in [2.05, 4.69) is 51.8 Å². The maximum Gasteiger partial charge on any atom is 0.0948 e. The first kappa shape index (κ1) is 14.8. The van der Waals surface area contributed by atoms with Gasteiger partial charge in [-0.25, -0.2) is 4.98 Å². The van der Waals surface area contributed by atoms with Crippen LogP contribution >= 0.6 is 0 Å². The molecule has 1 atom stereocenters. The van der Waals surface area contributed by atoms with Crippen LogP contribution in [0.4, 0.5) is 0 Å². The number of aryl methyl sites for hydroxylation is 1. The van der Waals surface area contributed by atoms with Crippen molar-refractivity contribution in [3.05, 3.63) is 54.1 Å². The van der Waals surface area contributed by atoms with Crippen LogP contribution in [0, 0.1) is 0 Å². The molecule has 2 N–H and O–H groups in total. The predicted molar refractivity (Wildman–Crippen MR) is 82.2 cm³/mol. The average molecular weight is 272 g/mol. The summed E-state index contributed by atoms with van der Waals surface area (Å²) in [7, 11) is 2.16. The molecule has 0 saturated carbocycles. The van der Waals surface area contributed by atoms with Gasteiger partial charge < -0.3 is 15.2 Å². The third kappa shape index (κ3) is 4.18. The van der Waals surface area contributed by atoms with E-state index in [1.165, 1.54) is 5.56 Å². The minimum Gasteiger partial charge on any atom is -0.333 e. The highest BCUT2D eigenvalue weighted by atomic mass is 15.1. The molecule has 0 bridgehead atoms. The number of nitrogens with zero attached hydrogens (tertiary/aromatic N) is 3. The van der Waals surface area contributed by atoms with Gasteiger partial charge in [0.25, 0.3) is 0 Å². The Hall–Kier alpha value is -1.65. The molecule has 0 amide bonds. The summed E-state index contributed by atoms with van der Waals surface area (Å²) in [5, 5.41) is 0. The number of hydrogen-bond acceptors (Lipinski definition) is 3. The van der Waals surface area contributed by atoms with Crippen LogP contribution in [0.25, 0.3) is 0 Å². The first-order chi connectivity index (χ1) is 9.66. The van der Waals surface area contributed by atoms with Gasteiger partial charge in [0.2, 0.25) is 0 Å². The molecule has 2 rings (SSSR count). The summed E-state index contributed by atoms with van der Waals surface area (Å²) in [6, 6.07) is 10.6. The van der Waals surface area contributed by atoms with Crippen LogP contribution in [0.3, 0.4) is 0 Å². The summed E-state index contributed by atoms with van der Waals surface area (Å²) in [6.07, 6.45) is 4.83. The molecule has 0 aliphatic rings. The Labute approximate surface area is 121 Å². The standard InChI is InChI=1S/C16H24N4/c1-14(17)16-11-18-13-20(16)10-6-9-19(2)12-15-7-4-3-5-8-15/h3-5,7-8,11,13-14H,6,9-10,12,17H2,1-2H3. The molecule has 4 heteroatoms. The molecule has 0 saturated heterocycles. The molecular weight excluding hydrogens is 248 g/mol. The molecule has 0 fully saturated rings. The van der Waals surface area contributed by atoms with Crippen molar-refractivity contribution in [2.24, 2.45) is 5.73 Å². The van der Waals surface area contributed by atoms with Crippen molar-refractivity contribution in [2.45, 2.75) is 32.5 Å². The Morgan fingerprint density at radius 2 is 2.05 bits per heavy atom. The molecule has 1 aromatic carbocycles. The van der Waals surface area contributed by atoms with E-state index in [0.29, 0.717) is 0 Å². The lowest BCUT2D eigenvalue weighted by atomic mass is 10.2. The van der Waals surface area contributed by atoms with Crippen LogP contribution in [0.15, 0.2) is 42.9 Å². The molecule has 108 valence electrons. The number of imidazole rings is 1. The molecule has 1 unspecified atom stereocenters. The first-order valence-corrected chi connectivity index (χ1v) is 7.15. The van der Waals surface area contributed by atoms with Gasteiger partial charge in [0, 0.05) is 25.3 Å². The van der Waals surface area contributed by atoms with Gasteiger partial charge in [-0.1, -0.05) is 30.3 Å². The molecule has 0 aliphatic heterocycles. The molecule has 1 heterocycles. The maximum atomic E-state index is 5.92. The first-order valence-electron chi connectivity index (χ1n) is 7.15. The second kappa shape index (κ2) is 7.22. The Bertz CT molecular complexity index is 504. The Morgan fingerprint density at radius 3 is 2.75 bits per heavy atom. The Balaban J connectivity index is 1.76. The van der Waals surface area contributed by atoms with Gasteiger partial charge in [-0.15, -0.1) is 0 Å². The topological polar surface area (TPSA) is 47.1 Å². The van der Waals surface area contributed by atoms with Gasteiger partial charge in [-0.3, -0.25) is 0 Å². The molecule has 2 aromatic rings. The monoisotopic (exact) mass is 272 g/mol. The van der Waals surface area contributed by atoms with Gasteiger partial charge in [0.1, 0.15) is 0 Å². The zero-order valence-electron chi connectivity index (χ0n) is 12.4. The van der Waals surface area contributed by atoms with Crippen LogP contribution in [0.2, 0.25) is 0 Å². The minimum absolute atomic E-state index is 0.0412. The fraction of sp³-hybridized carbons (Fsp3) is 0.438. The minimum atomic E-state index is 0.0412. The third-order valence-electron chi connectivity index (χ3n) is 3.45. The molecular formula is C16H24N4. The summed E-state index contributed by atoms with van der Waals surface area (Å²) in [4.78, 5) is 6.52. The molecule has 0 aliphatic carbocycles. The van der Waals surface area contributed by atoms with Gasteiger partial charge in [0.05, 0.1) is 12.0 Å². The van der Waals surface area contributed by atoms with Crippen LogP contribution in [0.1, 0.15) is 30.6 Å². The van der Waals surface area contributed by atoms with Crippen molar-refractivity contribution in [1.82, 2.24) is 14.5 Å².